The number of halogens is 1. The summed E-state index contributed by atoms with van der Waals surface area (Å²) in [5.74, 6) is -0.180. The first-order valence-electron chi connectivity index (χ1n) is 6.01. The number of carbonyl (C=O) groups excluding carboxylic acids is 1. The Kier molecular flexibility index (Phi) is 4.59. The molecule has 1 aromatic carbocycles. The van der Waals surface area contributed by atoms with Gasteiger partial charge in [0.25, 0.3) is 0 Å². The Morgan fingerprint density at radius 2 is 2.16 bits per heavy atom. The molecule has 0 saturated carbocycles. The number of nitrogens with zero attached hydrogens (tertiary/aromatic N) is 1. The van der Waals surface area contributed by atoms with Crippen LogP contribution in [0.3, 0.4) is 0 Å². The van der Waals surface area contributed by atoms with E-state index >= 15 is 0 Å². The maximum absolute atomic E-state index is 11.8. The van der Waals surface area contributed by atoms with E-state index < -0.39 is 10.0 Å². The molecule has 0 atom stereocenters. The van der Waals surface area contributed by atoms with Crippen LogP contribution in [-0.4, -0.2) is 37.5 Å². The second-order valence-electron chi connectivity index (χ2n) is 4.42. The van der Waals surface area contributed by atoms with Gasteiger partial charge in [0.1, 0.15) is 0 Å². The molecule has 0 spiro atoms. The van der Waals surface area contributed by atoms with Crippen molar-refractivity contribution < 1.29 is 13.2 Å². The second-order valence-corrected chi connectivity index (χ2v) is 7.42. The Morgan fingerprint density at radius 3 is 2.84 bits per heavy atom. The van der Waals surface area contributed by atoms with Crippen molar-refractivity contribution in [3.8, 4) is 0 Å². The lowest BCUT2D eigenvalue weighted by molar-refractivity contribution is -0.116. The molecule has 1 heterocycles. The summed E-state index contributed by atoms with van der Waals surface area (Å²) in [6.45, 7) is 0.309. The smallest absolute Gasteiger partial charge is 0.239 e. The van der Waals surface area contributed by atoms with Crippen LogP contribution in [0.1, 0.15) is 12.8 Å². The van der Waals surface area contributed by atoms with Crippen LogP contribution in [0.15, 0.2) is 28.7 Å². The van der Waals surface area contributed by atoms with E-state index in [-0.39, 0.29) is 18.2 Å². The van der Waals surface area contributed by atoms with Crippen LogP contribution in [0.25, 0.3) is 0 Å². The minimum absolute atomic E-state index is 0.116. The molecule has 1 aromatic rings. The second kappa shape index (κ2) is 6.02. The number of hydrogen-bond acceptors (Lipinski definition) is 3. The van der Waals surface area contributed by atoms with Crippen molar-refractivity contribution in [1.82, 2.24) is 4.31 Å². The highest BCUT2D eigenvalue weighted by molar-refractivity contribution is 9.10. The number of benzene rings is 1. The maximum Gasteiger partial charge on any atom is 0.239 e. The van der Waals surface area contributed by atoms with E-state index in [4.69, 9.17) is 0 Å². The van der Waals surface area contributed by atoms with Crippen molar-refractivity contribution in [2.45, 2.75) is 12.8 Å². The molecule has 1 N–H and O–H groups in total. The molecule has 19 heavy (non-hydrogen) atoms. The third-order valence-corrected chi connectivity index (χ3v) is 5.28. The van der Waals surface area contributed by atoms with Crippen molar-refractivity contribution in [3.05, 3.63) is 28.7 Å². The van der Waals surface area contributed by atoms with Gasteiger partial charge in [0.05, 0.1) is 12.3 Å². The fourth-order valence-electron chi connectivity index (χ4n) is 1.95. The van der Waals surface area contributed by atoms with Gasteiger partial charge >= 0.3 is 0 Å². The first-order chi connectivity index (χ1) is 8.97. The van der Waals surface area contributed by atoms with E-state index in [1.165, 1.54) is 4.31 Å². The van der Waals surface area contributed by atoms with Gasteiger partial charge < -0.3 is 5.32 Å². The van der Waals surface area contributed by atoms with Gasteiger partial charge in [-0.15, -0.1) is 0 Å². The lowest BCUT2D eigenvalue weighted by Crippen LogP contribution is -2.42. The highest BCUT2D eigenvalue weighted by Crippen LogP contribution is 2.16. The molecule has 5 nitrogen and oxygen atoms in total. The molecule has 1 aliphatic rings. The predicted octanol–water partition coefficient (Wildman–Crippen LogP) is 1.81. The summed E-state index contributed by atoms with van der Waals surface area (Å²) in [4.78, 5) is 11.8. The summed E-state index contributed by atoms with van der Waals surface area (Å²) in [7, 11) is -3.26. The largest absolute Gasteiger partial charge is 0.325 e. The summed E-state index contributed by atoms with van der Waals surface area (Å²) in [5.41, 5.74) is 0.647. The van der Waals surface area contributed by atoms with Gasteiger partial charge in [0.15, 0.2) is 0 Å². The number of sulfonamides is 1. The highest BCUT2D eigenvalue weighted by Gasteiger charge is 2.27. The minimum Gasteiger partial charge on any atom is -0.325 e. The van der Waals surface area contributed by atoms with Crippen LogP contribution in [-0.2, 0) is 14.8 Å². The van der Waals surface area contributed by atoms with E-state index in [9.17, 15) is 13.2 Å². The molecular formula is C12H15BrN2O3S. The lowest BCUT2D eigenvalue weighted by Gasteiger charge is -2.25. The molecular weight excluding hydrogens is 332 g/mol. The van der Waals surface area contributed by atoms with Crippen molar-refractivity contribution >= 4 is 37.5 Å². The fraction of sp³-hybridized carbons (Fsp3) is 0.417. The van der Waals surface area contributed by atoms with Crippen LogP contribution in [0.5, 0.6) is 0 Å². The number of carbonyl (C=O) groups is 1. The fourth-order valence-corrected chi connectivity index (χ4v) is 3.89. The third kappa shape index (κ3) is 4.02. The summed E-state index contributed by atoms with van der Waals surface area (Å²) in [5, 5.41) is 2.69. The van der Waals surface area contributed by atoms with Crippen molar-refractivity contribution in [2.24, 2.45) is 0 Å². The van der Waals surface area contributed by atoms with Gasteiger partial charge in [-0.2, -0.15) is 4.31 Å². The normalized spacial score (nSPS) is 19.0. The SMILES string of the molecule is O=C(CN1CCCCS1(=O)=O)Nc1cccc(Br)c1. The van der Waals surface area contributed by atoms with Crippen molar-refractivity contribution in [1.29, 1.82) is 0 Å². The van der Waals surface area contributed by atoms with Crippen molar-refractivity contribution in [3.63, 3.8) is 0 Å². The average Bonchev–Trinajstić information content (AvgIpc) is 2.32. The molecule has 1 fully saturated rings. The van der Waals surface area contributed by atoms with E-state index in [0.717, 1.165) is 10.9 Å². The summed E-state index contributed by atoms with van der Waals surface area (Å²) >= 11 is 3.31. The molecule has 0 radical (unpaired) electrons. The quantitative estimate of drug-likeness (QED) is 0.907. The van der Waals surface area contributed by atoms with Gasteiger partial charge in [-0.1, -0.05) is 22.0 Å². The first kappa shape index (κ1) is 14.5. The number of nitrogens with one attached hydrogen (secondary N) is 1. The minimum atomic E-state index is -3.26. The molecule has 0 aliphatic carbocycles. The molecule has 1 amide bonds. The Balaban J connectivity index is 1.98. The Morgan fingerprint density at radius 1 is 1.37 bits per heavy atom. The third-order valence-electron chi connectivity index (χ3n) is 2.88. The number of rotatable bonds is 3. The highest BCUT2D eigenvalue weighted by atomic mass is 79.9. The monoisotopic (exact) mass is 346 g/mol. The van der Waals surface area contributed by atoms with Crippen LogP contribution < -0.4 is 5.32 Å². The first-order valence-corrected chi connectivity index (χ1v) is 8.41. The summed E-state index contributed by atoms with van der Waals surface area (Å²) in [6, 6.07) is 7.18. The number of hydrogen-bond donors (Lipinski definition) is 1. The molecule has 7 heteroatoms. The summed E-state index contributed by atoms with van der Waals surface area (Å²) < 4.78 is 25.6. The molecule has 0 aromatic heterocycles. The van der Waals surface area contributed by atoms with Crippen molar-refractivity contribution in [2.75, 3.05) is 24.2 Å². The predicted molar refractivity (Wildman–Crippen MR) is 77.4 cm³/mol. The molecule has 0 bridgehead atoms. The van der Waals surface area contributed by atoms with E-state index in [0.29, 0.717) is 18.7 Å². The van der Waals surface area contributed by atoms with Gasteiger partial charge in [-0.3, -0.25) is 4.79 Å². The van der Waals surface area contributed by atoms with Gasteiger partial charge in [0.2, 0.25) is 15.9 Å². The van der Waals surface area contributed by atoms with E-state index in [1.54, 1.807) is 18.2 Å². The summed E-state index contributed by atoms with van der Waals surface area (Å²) in [6.07, 6.45) is 1.48. The number of anilines is 1. The van der Waals surface area contributed by atoms with E-state index in [1.807, 2.05) is 6.07 Å². The molecule has 0 unspecified atom stereocenters. The lowest BCUT2D eigenvalue weighted by atomic mass is 10.3. The zero-order valence-electron chi connectivity index (χ0n) is 10.3. The maximum atomic E-state index is 11.8. The van der Waals surface area contributed by atoms with Gasteiger partial charge in [-0.25, -0.2) is 8.42 Å². The molecule has 1 aliphatic heterocycles. The Bertz CT molecular complexity index is 574. The molecule has 104 valence electrons. The average molecular weight is 347 g/mol. The molecule has 2 rings (SSSR count). The van der Waals surface area contributed by atoms with Crippen LogP contribution in [0, 0.1) is 0 Å². The Hall–Kier alpha value is -0.920. The van der Waals surface area contributed by atoms with Crippen LogP contribution in [0.4, 0.5) is 5.69 Å². The topological polar surface area (TPSA) is 66.5 Å². The molecule has 1 saturated heterocycles. The Labute approximate surface area is 121 Å². The van der Waals surface area contributed by atoms with Crippen LogP contribution >= 0.6 is 15.9 Å². The number of amides is 1. The van der Waals surface area contributed by atoms with E-state index in [2.05, 4.69) is 21.2 Å². The van der Waals surface area contributed by atoms with Gasteiger partial charge in [-0.05, 0) is 31.0 Å². The zero-order valence-corrected chi connectivity index (χ0v) is 12.7. The zero-order chi connectivity index (χ0) is 13.9. The van der Waals surface area contributed by atoms with Crippen LogP contribution in [0.2, 0.25) is 0 Å². The standard InChI is InChI=1S/C12H15BrN2O3S/c13-10-4-3-5-11(8-10)14-12(16)9-15-6-1-2-7-19(15,17)18/h3-5,8H,1-2,6-7,9H2,(H,14,16). The van der Waals surface area contributed by atoms with Gasteiger partial charge in [0, 0.05) is 16.7 Å².